The van der Waals surface area contributed by atoms with E-state index in [2.05, 4.69) is 13.2 Å². The number of carbonyl (C=O) groups is 2. The van der Waals surface area contributed by atoms with Crippen molar-refractivity contribution >= 4 is 31.5 Å². The molecule has 0 aliphatic heterocycles. The van der Waals surface area contributed by atoms with Gasteiger partial charge in [-0.25, -0.2) is 9.59 Å². The fourth-order valence-electron chi connectivity index (χ4n) is 1.29. The van der Waals surface area contributed by atoms with E-state index in [0.717, 1.165) is 24.9 Å². The first-order valence-corrected chi connectivity index (χ1v) is 10.3. The lowest BCUT2D eigenvalue weighted by molar-refractivity contribution is -0.139. The van der Waals surface area contributed by atoms with Crippen molar-refractivity contribution in [2.45, 2.75) is 38.8 Å². The number of esters is 2. The zero-order valence-electron chi connectivity index (χ0n) is 13.1. The van der Waals surface area contributed by atoms with E-state index >= 15 is 0 Å². The Kier molecular flexibility index (Phi) is 11.8. The van der Waals surface area contributed by atoms with Crippen LogP contribution in [0.5, 0.6) is 0 Å². The standard InChI is InChI=1S/C14H26O5Si2/c1-11(2)13(15)17-7-5-9-20-19-21-10-6-8-18-14(16)12(3)4/h1,3,5-10,20-21H2,2,4H3. The van der Waals surface area contributed by atoms with Gasteiger partial charge in [-0.15, -0.1) is 0 Å². The highest BCUT2D eigenvalue weighted by Gasteiger charge is 2.03. The van der Waals surface area contributed by atoms with E-state index in [1.54, 1.807) is 13.8 Å². The summed E-state index contributed by atoms with van der Waals surface area (Å²) < 4.78 is 15.7. The fraction of sp³-hybridized carbons (Fsp3) is 0.571. The molecule has 120 valence electrons. The van der Waals surface area contributed by atoms with Gasteiger partial charge in [-0.1, -0.05) is 13.2 Å². The summed E-state index contributed by atoms with van der Waals surface area (Å²) in [6.07, 6.45) is 1.71. The lowest BCUT2D eigenvalue weighted by atomic mass is 10.4. The molecule has 0 spiro atoms. The average molecular weight is 331 g/mol. The zero-order valence-corrected chi connectivity index (χ0v) is 15.9. The van der Waals surface area contributed by atoms with Crippen molar-refractivity contribution in [1.29, 1.82) is 0 Å². The molecule has 0 unspecified atom stereocenters. The van der Waals surface area contributed by atoms with Crippen molar-refractivity contribution in [2.24, 2.45) is 0 Å². The van der Waals surface area contributed by atoms with Crippen molar-refractivity contribution in [2.75, 3.05) is 13.2 Å². The first kappa shape index (κ1) is 19.8. The van der Waals surface area contributed by atoms with E-state index in [-0.39, 0.29) is 11.9 Å². The van der Waals surface area contributed by atoms with Crippen molar-refractivity contribution in [3.05, 3.63) is 24.3 Å². The average Bonchev–Trinajstić information content (AvgIpc) is 2.43. The summed E-state index contributed by atoms with van der Waals surface area (Å²) in [5, 5.41) is 0. The van der Waals surface area contributed by atoms with E-state index < -0.39 is 19.5 Å². The molecule has 5 nitrogen and oxygen atoms in total. The molecule has 0 heterocycles. The molecule has 0 aromatic carbocycles. The molecular formula is C14H26O5Si2. The molecule has 0 saturated heterocycles. The van der Waals surface area contributed by atoms with Gasteiger partial charge in [0.2, 0.25) is 0 Å². The zero-order chi connectivity index (χ0) is 16.1. The van der Waals surface area contributed by atoms with Gasteiger partial charge in [0.05, 0.1) is 13.2 Å². The maximum absolute atomic E-state index is 11.1. The molecule has 0 rings (SSSR count). The minimum absolute atomic E-state index is 0.323. The van der Waals surface area contributed by atoms with E-state index in [9.17, 15) is 9.59 Å². The van der Waals surface area contributed by atoms with E-state index in [1.807, 2.05) is 0 Å². The van der Waals surface area contributed by atoms with Gasteiger partial charge in [-0.2, -0.15) is 0 Å². The first-order chi connectivity index (χ1) is 9.95. The molecule has 0 aliphatic carbocycles. The lowest BCUT2D eigenvalue weighted by Gasteiger charge is -2.06. The Bertz CT molecular complexity index is 334. The number of carbonyl (C=O) groups excluding carboxylic acids is 2. The monoisotopic (exact) mass is 330 g/mol. The molecule has 21 heavy (non-hydrogen) atoms. The van der Waals surface area contributed by atoms with E-state index in [4.69, 9.17) is 13.6 Å². The van der Waals surface area contributed by atoms with Crippen molar-refractivity contribution < 1.29 is 23.2 Å². The van der Waals surface area contributed by atoms with Gasteiger partial charge in [0.1, 0.15) is 19.5 Å². The minimum atomic E-state index is -0.490. The van der Waals surface area contributed by atoms with Gasteiger partial charge in [0, 0.05) is 11.1 Å². The summed E-state index contributed by atoms with van der Waals surface area (Å²) in [7, 11) is -0.979. The second-order valence-electron chi connectivity index (χ2n) is 4.86. The van der Waals surface area contributed by atoms with Crippen LogP contribution in [0.1, 0.15) is 26.7 Å². The van der Waals surface area contributed by atoms with Crippen molar-refractivity contribution in [3.8, 4) is 0 Å². The van der Waals surface area contributed by atoms with Crippen LogP contribution in [0.3, 0.4) is 0 Å². The SMILES string of the molecule is C=C(C)C(=O)OCCC[SiH2]O[SiH2]CCCOC(=O)C(=C)C. The Labute approximate surface area is 131 Å². The molecule has 0 aromatic heterocycles. The molecule has 0 atom stereocenters. The summed E-state index contributed by atoms with van der Waals surface area (Å²) in [6, 6.07) is 2.03. The lowest BCUT2D eigenvalue weighted by Crippen LogP contribution is -2.10. The molecule has 0 amide bonds. The second kappa shape index (κ2) is 12.5. The van der Waals surface area contributed by atoms with E-state index in [0.29, 0.717) is 24.4 Å². The predicted octanol–water partition coefficient (Wildman–Crippen LogP) is 1.03. The number of rotatable bonds is 12. The molecule has 0 bridgehead atoms. The number of ether oxygens (including phenoxy) is 2. The molecule has 0 aliphatic rings. The van der Waals surface area contributed by atoms with Crippen LogP contribution in [-0.4, -0.2) is 44.7 Å². The first-order valence-electron chi connectivity index (χ1n) is 7.18. The molecule has 0 aromatic rings. The minimum Gasteiger partial charge on any atom is -0.465 e. The third-order valence-electron chi connectivity index (χ3n) is 2.53. The van der Waals surface area contributed by atoms with Gasteiger partial charge in [0.25, 0.3) is 0 Å². The van der Waals surface area contributed by atoms with Crippen LogP contribution in [-0.2, 0) is 23.2 Å². The second-order valence-corrected chi connectivity index (χ2v) is 8.72. The summed E-state index contributed by atoms with van der Waals surface area (Å²) in [6.45, 7) is 11.2. The van der Waals surface area contributed by atoms with E-state index in [1.165, 1.54) is 0 Å². The summed E-state index contributed by atoms with van der Waals surface area (Å²) in [5.41, 5.74) is 0.867. The molecule has 7 heteroatoms. The Balaban J connectivity index is 3.23. The summed E-state index contributed by atoms with van der Waals surface area (Å²) in [5.74, 6) is -0.646. The summed E-state index contributed by atoms with van der Waals surface area (Å²) in [4.78, 5) is 22.2. The molecule has 0 saturated carbocycles. The van der Waals surface area contributed by atoms with Crippen LogP contribution in [0, 0.1) is 0 Å². The maximum Gasteiger partial charge on any atom is 0.333 e. The highest BCUT2D eigenvalue weighted by molar-refractivity contribution is 6.42. The van der Waals surface area contributed by atoms with Gasteiger partial charge < -0.3 is 13.6 Å². The Morgan fingerprint density at radius 2 is 1.24 bits per heavy atom. The smallest absolute Gasteiger partial charge is 0.333 e. The van der Waals surface area contributed by atoms with Gasteiger partial charge >= 0.3 is 11.9 Å². The van der Waals surface area contributed by atoms with Crippen LogP contribution in [0.4, 0.5) is 0 Å². The van der Waals surface area contributed by atoms with Gasteiger partial charge in [-0.05, 0) is 38.8 Å². The van der Waals surface area contributed by atoms with Crippen LogP contribution < -0.4 is 0 Å². The highest BCUT2D eigenvalue weighted by Crippen LogP contribution is 1.98. The fourth-order valence-corrected chi connectivity index (χ4v) is 4.56. The Morgan fingerprint density at radius 1 is 0.857 bits per heavy atom. The van der Waals surface area contributed by atoms with Crippen LogP contribution >= 0.6 is 0 Å². The van der Waals surface area contributed by atoms with Crippen molar-refractivity contribution in [3.63, 3.8) is 0 Å². The normalized spacial score (nSPS) is 11.1. The topological polar surface area (TPSA) is 61.8 Å². The van der Waals surface area contributed by atoms with Crippen LogP contribution in [0.2, 0.25) is 12.1 Å². The third kappa shape index (κ3) is 12.3. The highest BCUT2D eigenvalue weighted by atomic mass is 28.3. The summed E-state index contributed by atoms with van der Waals surface area (Å²) >= 11 is 0. The Morgan fingerprint density at radius 3 is 1.57 bits per heavy atom. The number of hydrogen-bond donors (Lipinski definition) is 0. The third-order valence-corrected chi connectivity index (χ3v) is 6.42. The molecular weight excluding hydrogens is 304 g/mol. The largest absolute Gasteiger partial charge is 0.465 e. The van der Waals surface area contributed by atoms with Crippen LogP contribution in [0.25, 0.3) is 0 Å². The quantitative estimate of drug-likeness (QED) is 0.231. The molecule has 0 radical (unpaired) electrons. The number of hydrogen-bond acceptors (Lipinski definition) is 5. The molecule has 0 fully saturated rings. The van der Waals surface area contributed by atoms with Crippen molar-refractivity contribution in [1.82, 2.24) is 0 Å². The van der Waals surface area contributed by atoms with Gasteiger partial charge in [-0.3, -0.25) is 0 Å². The van der Waals surface area contributed by atoms with Crippen LogP contribution in [0.15, 0.2) is 24.3 Å². The van der Waals surface area contributed by atoms with Gasteiger partial charge in [0.15, 0.2) is 0 Å². The maximum atomic E-state index is 11.1. The molecule has 0 N–H and O–H groups in total. The Hall–Kier alpha value is -1.19. The predicted molar refractivity (Wildman–Crippen MR) is 88.6 cm³/mol.